The zero-order valence-electron chi connectivity index (χ0n) is 9.82. The van der Waals surface area contributed by atoms with Crippen LogP contribution in [0.25, 0.3) is 10.9 Å². The van der Waals surface area contributed by atoms with Gasteiger partial charge in [-0.1, -0.05) is 32.0 Å². The van der Waals surface area contributed by atoms with Gasteiger partial charge in [0.2, 0.25) is 0 Å². The van der Waals surface area contributed by atoms with Crippen LogP contribution in [0.1, 0.15) is 41.4 Å². The summed E-state index contributed by atoms with van der Waals surface area (Å²) in [5.74, 6) is 0.465. The van der Waals surface area contributed by atoms with Crippen LogP contribution in [0.2, 0.25) is 0 Å². The standard InChI is InChI=1S/C14H15NO/c1-9(2)12-6-4-10(3)14-13(12)7-5-11(8-16)15-14/h4-9H,1-3H3. The van der Waals surface area contributed by atoms with E-state index in [1.807, 2.05) is 13.0 Å². The smallest absolute Gasteiger partial charge is 0.168 e. The van der Waals surface area contributed by atoms with Gasteiger partial charge in [0.1, 0.15) is 5.69 Å². The highest BCUT2D eigenvalue weighted by molar-refractivity contribution is 5.88. The van der Waals surface area contributed by atoms with Crippen LogP contribution in [0, 0.1) is 6.92 Å². The van der Waals surface area contributed by atoms with E-state index in [-0.39, 0.29) is 0 Å². The number of rotatable bonds is 2. The lowest BCUT2D eigenvalue weighted by Crippen LogP contribution is -1.95. The van der Waals surface area contributed by atoms with Crippen molar-refractivity contribution in [2.45, 2.75) is 26.7 Å². The molecule has 1 heterocycles. The lowest BCUT2D eigenvalue weighted by atomic mass is 9.96. The summed E-state index contributed by atoms with van der Waals surface area (Å²) in [5, 5.41) is 1.15. The number of benzene rings is 1. The lowest BCUT2D eigenvalue weighted by Gasteiger charge is -2.11. The molecule has 1 aromatic heterocycles. The maximum absolute atomic E-state index is 10.7. The number of aromatic nitrogens is 1. The van der Waals surface area contributed by atoms with Crippen molar-refractivity contribution in [3.63, 3.8) is 0 Å². The quantitative estimate of drug-likeness (QED) is 0.715. The maximum atomic E-state index is 10.7. The molecule has 2 rings (SSSR count). The number of aryl methyl sites for hydroxylation is 1. The minimum Gasteiger partial charge on any atom is -0.296 e. The molecule has 82 valence electrons. The predicted molar refractivity (Wildman–Crippen MR) is 66.0 cm³/mol. The van der Waals surface area contributed by atoms with Crippen molar-refractivity contribution in [3.05, 3.63) is 41.1 Å². The number of hydrogen-bond donors (Lipinski definition) is 0. The van der Waals surface area contributed by atoms with Gasteiger partial charge in [-0.3, -0.25) is 4.79 Å². The van der Waals surface area contributed by atoms with Gasteiger partial charge in [-0.05, 0) is 30.0 Å². The van der Waals surface area contributed by atoms with Crippen LogP contribution in [-0.2, 0) is 0 Å². The van der Waals surface area contributed by atoms with Crippen molar-refractivity contribution in [1.29, 1.82) is 0 Å². The second-order valence-electron chi connectivity index (χ2n) is 4.38. The molecular formula is C14H15NO. The Morgan fingerprint density at radius 3 is 2.56 bits per heavy atom. The van der Waals surface area contributed by atoms with Crippen molar-refractivity contribution in [3.8, 4) is 0 Å². The maximum Gasteiger partial charge on any atom is 0.168 e. The van der Waals surface area contributed by atoms with Crippen LogP contribution in [0.15, 0.2) is 24.3 Å². The zero-order valence-corrected chi connectivity index (χ0v) is 9.82. The Hall–Kier alpha value is -1.70. The summed E-state index contributed by atoms with van der Waals surface area (Å²) in [6.45, 7) is 6.35. The molecule has 0 radical (unpaired) electrons. The van der Waals surface area contributed by atoms with Gasteiger partial charge in [0, 0.05) is 5.39 Å². The van der Waals surface area contributed by atoms with Crippen molar-refractivity contribution >= 4 is 17.2 Å². The highest BCUT2D eigenvalue weighted by Gasteiger charge is 2.08. The van der Waals surface area contributed by atoms with Gasteiger partial charge in [-0.15, -0.1) is 0 Å². The summed E-state index contributed by atoms with van der Waals surface area (Å²) in [6, 6.07) is 7.99. The van der Waals surface area contributed by atoms with E-state index in [9.17, 15) is 4.79 Å². The van der Waals surface area contributed by atoms with Gasteiger partial charge in [0.15, 0.2) is 6.29 Å². The number of carbonyl (C=O) groups is 1. The average molecular weight is 213 g/mol. The molecule has 0 aliphatic heterocycles. The minimum atomic E-state index is 0.465. The number of fused-ring (bicyclic) bond motifs is 1. The van der Waals surface area contributed by atoms with E-state index in [2.05, 4.69) is 31.0 Å². The first-order chi connectivity index (χ1) is 7.63. The van der Waals surface area contributed by atoms with Crippen LogP contribution < -0.4 is 0 Å². The van der Waals surface area contributed by atoms with Crippen molar-refractivity contribution in [1.82, 2.24) is 4.98 Å². The molecular weight excluding hydrogens is 198 g/mol. The first-order valence-electron chi connectivity index (χ1n) is 5.49. The fraction of sp³-hybridized carbons (Fsp3) is 0.286. The van der Waals surface area contributed by atoms with Crippen LogP contribution in [0.3, 0.4) is 0 Å². The fourth-order valence-corrected chi connectivity index (χ4v) is 1.96. The molecule has 0 unspecified atom stereocenters. The van der Waals surface area contributed by atoms with E-state index in [0.717, 1.165) is 22.8 Å². The minimum absolute atomic E-state index is 0.465. The van der Waals surface area contributed by atoms with Crippen LogP contribution in [-0.4, -0.2) is 11.3 Å². The monoisotopic (exact) mass is 213 g/mol. The Bertz CT molecular complexity index is 544. The lowest BCUT2D eigenvalue weighted by molar-refractivity contribution is 0.111. The second kappa shape index (κ2) is 4.05. The topological polar surface area (TPSA) is 30.0 Å². The van der Waals surface area contributed by atoms with Crippen LogP contribution in [0.5, 0.6) is 0 Å². The molecule has 0 bridgehead atoms. The Morgan fingerprint density at radius 1 is 1.19 bits per heavy atom. The van der Waals surface area contributed by atoms with Crippen molar-refractivity contribution < 1.29 is 4.79 Å². The normalized spacial score (nSPS) is 11.0. The van der Waals surface area contributed by atoms with Crippen LogP contribution >= 0.6 is 0 Å². The van der Waals surface area contributed by atoms with Gasteiger partial charge in [0.25, 0.3) is 0 Å². The SMILES string of the molecule is Cc1ccc(C(C)C)c2ccc(C=O)nc12. The van der Waals surface area contributed by atoms with E-state index in [4.69, 9.17) is 0 Å². The van der Waals surface area contributed by atoms with E-state index < -0.39 is 0 Å². The third-order valence-corrected chi connectivity index (χ3v) is 2.86. The molecule has 0 spiro atoms. The Balaban J connectivity index is 2.80. The first-order valence-corrected chi connectivity index (χ1v) is 5.49. The van der Waals surface area contributed by atoms with E-state index in [0.29, 0.717) is 11.6 Å². The molecule has 0 N–H and O–H groups in total. The summed E-state index contributed by atoms with van der Waals surface area (Å²) in [4.78, 5) is 15.1. The zero-order chi connectivity index (χ0) is 11.7. The predicted octanol–water partition coefficient (Wildman–Crippen LogP) is 3.48. The molecule has 0 saturated heterocycles. The van der Waals surface area contributed by atoms with Crippen LogP contribution in [0.4, 0.5) is 0 Å². The van der Waals surface area contributed by atoms with Gasteiger partial charge in [-0.25, -0.2) is 4.98 Å². The molecule has 0 aliphatic carbocycles. The Morgan fingerprint density at radius 2 is 1.94 bits per heavy atom. The number of nitrogens with zero attached hydrogens (tertiary/aromatic N) is 1. The highest BCUT2D eigenvalue weighted by atomic mass is 16.1. The van der Waals surface area contributed by atoms with Gasteiger partial charge < -0.3 is 0 Å². The summed E-state index contributed by atoms with van der Waals surface area (Å²) < 4.78 is 0. The molecule has 0 fully saturated rings. The van der Waals surface area contributed by atoms with Gasteiger partial charge in [0.05, 0.1) is 5.52 Å². The molecule has 0 saturated carbocycles. The summed E-state index contributed by atoms with van der Waals surface area (Å²) >= 11 is 0. The second-order valence-corrected chi connectivity index (χ2v) is 4.38. The number of hydrogen-bond acceptors (Lipinski definition) is 2. The molecule has 16 heavy (non-hydrogen) atoms. The molecule has 2 nitrogen and oxygen atoms in total. The molecule has 1 aromatic carbocycles. The fourth-order valence-electron chi connectivity index (χ4n) is 1.96. The number of carbonyl (C=O) groups excluding carboxylic acids is 1. The molecule has 0 aliphatic rings. The van der Waals surface area contributed by atoms with Gasteiger partial charge >= 0.3 is 0 Å². The molecule has 0 atom stereocenters. The van der Waals surface area contributed by atoms with E-state index in [1.165, 1.54) is 5.56 Å². The van der Waals surface area contributed by atoms with E-state index >= 15 is 0 Å². The number of pyridine rings is 1. The average Bonchev–Trinajstić information content (AvgIpc) is 2.29. The Kier molecular flexibility index (Phi) is 2.73. The third-order valence-electron chi connectivity index (χ3n) is 2.86. The molecule has 0 amide bonds. The third kappa shape index (κ3) is 1.71. The summed E-state index contributed by atoms with van der Waals surface area (Å²) in [5.41, 5.74) is 3.83. The molecule has 2 aromatic rings. The summed E-state index contributed by atoms with van der Waals surface area (Å²) in [6.07, 6.45) is 0.793. The van der Waals surface area contributed by atoms with Gasteiger partial charge in [-0.2, -0.15) is 0 Å². The largest absolute Gasteiger partial charge is 0.296 e. The molecule has 2 heteroatoms. The van der Waals surface area contributed by atoms with E-state index in [1.54, 1.807) is 6.07 Å². The Labute approximate surface area is 95.3 Å². The first kappa shape index (κ1) is 10.8. The number of aldehydes is 1. The summed E-state index contributed by atoms with van der Waals surface area (Å²) in [7, 11) is 0. The van der Waals surface area contributed by atoms with Crippen molar-refractivity contribution in [2.24, 2.45) is 0 Å². The highest BCUT2D eigenvalue weighted by Crippen LogP contribution is 2.26. The van der Waals surface area contributed by atoms with Crippen molar-refractivity contribution in [2.75, 3.05) is 0 Å².